The number of aromatic amines is 1. The van der Waals surface area contributed by atoms with E-state index in [2.05, 4.69) is 41.2 Å². The second-order valence-electron chi connectivity index (χ2n) is 7.90. The van der Waals surface area contributed by atoms with Crippen LogP contribution in [0.3, 0.4) is 0 Å². The summed E-state index contributed by atoms with van der Waals surface area (Å²) in [7, 11) is 0. The molecule has 154 valence electrons. The first kappa shape index (κ1) is 19.7. The molecule has 0 atom stereocenters. The molecule has 2 aromatic heterocycles. The zero-order valence-electron chi connectivity index (χ0n) is 17.5. The molecule has 4 rings (SSSR count). The van der Waals surface area contributed by atoms with Crippen LogP contribution in [0.2, 0.25) is 0 Å². The summed E-state index contributed by atoms with van der Waals surface area (Å²) in [5, 5.41) is 4.18. The van der Waals surface area contributed by atoms with Crippen LogP contribution in [0.4, 0.5) is 0 Å². The highest BCUT2D eigenvalue weighted by Gasteiger charge is 2.32. The lowest BCUT2D eigenvalue weighted by atomic mass is 9.98. The minimum Gasteiger partial charge on any atom is -0.463 e. The topological polar surface area (TPSA) is 73.6 Å². The number of amides is 1. The lowest BCUT2D eigenvalue weighted by Crippen LogP contribution is -2.24. The zero-order valence-corrected chi connectivity index (χ0v) is 17.5. The first-order chi connectivity index (χ1) is 14.1. The number of aryl methyl sites for hydroxylation is 1. The number of hydrazone groups is 1. The SMILES string of the molecule is CCN(CC)CCCc1c(C)[nH]c(C=C2C(=O)NN=C2c2ccco2)c1C1CC1. The first-order valence-electron chi connectivity index (χ1n) is 10.7. The molecule has 3 heterocycles. The van der Waals surface area contributed by atoms with Gasteiger partial charge in [0.1, 0.15) is 5.71 Å². The molecule has 2 aliphatic rings. The highest BCUT2D eigenvalue weighted by Crippen LogP contribution is 2.45. The highest BCUT2D eigenvalue weighted by molar-refractivity contribution is 6.32. The fourth-order valence-electron chi connectivity index (χ4n) is 4.22. The van der Waals surface area contributed by atoms with Crippen LogP contribution in [0, 0.1) is 6.92 Å². The second-order valence-corrected chi connectivity index (χ2v) is 7.90. The fourth-order valence-corrected chi connectivity index (χ4v) is 4.22. The van der Waals surface area contributed by atoms with Crippen molar-refractivity contribution in [3.05, 3.63) is 52.2 Å². The number of furan rings is 1. The second kappa shape index (κ2) is 8.41. The number of H-pyrrole nitrogens is 1. The van der Waals surface area contributed by atoms with E-state index in [-0.39, 0.29) is 5.91 Å². The van der Waals surface area contributed by atoms with Gasteiger partial charge in [0.25, 0.3) is 5.91 Å². The van der Waals surface area contributed by atoms with E-state index in [9.17, 15) is 4.79 Å². The van der Waals surface area contributed by atoms with Crippen LogP contribution in [-0.2, 0) is 11.2 Å². The molecule has 6 heteroatoms. The predicted molar refractivity (Wildman–Crippen MR) is 115 cm³/mol. The third kappa shape index (κ3) is 4.08. The molecule has 0 radical (unpaired) electrons. The van der Waals surface area contributed by atoms with Gasteiger partial charge in [-0.3, -0.25) is 4.79 Å². The fraction of sp³-hybridized carbons (Fsp3) is 0.478. The maximum absolute atomic E-state index is 12.4. The average molecular weight is 395 g/mol. The van der Waals surface area contributed by atoms with Crippen molar-refractivity contribution in [2.45, 2.75) is 52.4 Å². The Morgan fingerprint density at radius 1 is 1.31 bits per heavy atom. The standard InChI is InChI=1S/C23H30N4O2/c1-4-27(5-2)12-6-8-17-15(3)24-19(21(17)16-10-11-16)14-18-22(25-26-23(18)28)20-9-7-13-29-20/h7,9,13-14,16,24H,4-6,8,10-12H2,1-3H3,(H,26,28). The van der Waals surface area contributed by atoms with Crippen molar-refractivity contribution in [3.63, 3.8) is 0 Å². The Bertz CT molecular complexity index is 928. The Kier molecular flexibility index (Phi) is 5.72. The van der Waals surface area contributed by atoms with Crippen LogP contribution in [-0.4, -0.2) is 41.1 Å². The number of rotatable bonds is 9. The van der Waals surface area contributed by atoms with Crippen LogP contribution in [0.5, 0.6) is 0 Å². The molecule has 2 aromatic rings. The van der Waals surface area contributed by atoms with Crippen molar-refractivity contribution >= 4 is 17.7 Å². The van der Waals surface area contributed by atoms with Gasteiger partial charge < -0.3 is 14.3 Å². The Morgan fingerprint density at radius 3 is 2.76 bits per heavy atom. The summed E-state index contributed by atoms with van der Waals surface area (Å²) in [5.74, 6) is 1.02. The summed E-state index contributed by atoms with van der Waals surface area (Å²) < 4.78 is 5.47. The van der Waals surface area contributed by atoms with Gasteiger partial charge in [-0.2, -0.15) is 5.10 Å². The summed E-state index contributed by atoms with van der Waals surface area (Å²) in [4.78, 5) is 18.5. The lowest BCUT2D eigenvalue weighted by Gasteiger charge is -2.17. The average Bonchev–Trinajstić information content (AvgIpc) is 3.13. The molecule has 0 unspecified atom stereocenters. The minimum atomic E-state index is -0.187. The third-order valence-corrected chi connectivity index (χ3v) is 5.98. The van der Waals surface area contributed by atoms with Crippen molar-refractivity contribution in [2.24, 2.45) is 5.10 Å². The molecular weight excluding hydrogens is 364 g/mol. The third-order valence-electron chi connectivity index (χ3n) is 5.98. The monoisotopic (exact) mass is 394 g/mol. The van der Waals surface area contributed by atoms with Gasteiger partial charge in [-0.15, -0.1) is 0 Å². The maximum atomic E-state index is 12.4. The van der Waals surface area contributed by atoms with Crippen molar-refractivity contribution < 1.29 is 9.21 Å². The molecule has 1 saturated carbocycles. The van der Waals surface area contributed by atoms with Crippen molar-refractivity contribution in [1.29, 1.82) is 0 Å². The van der Waals surface area contributed by atoms with Gasteiger partial charge in [-0.1, -0.05) is 13.8 Å². The molecule has 1 aliphatic carbocycles. The van der Waals surface area contributed by atoms with Gasteiger partial charge in [0.05, 0.1) is 11.8 Å². The number of hydrogen-bond acceptors (Lipinski definition) is 4. The van der Waals surface area contributed by atoms with E-state index in [1.807, 2.05) is 12.1 Å². The van der Waals surface area contributed by atoms with Gasteiger partial charge in [0.2, 0.25) is 0 Å². The Labute approximate surface area is 172 Å². The van der Waals surface area contributed by atoms with Crippen LogP contribution in [0.1, 0.15) is 67.3 Å². The van der Waals surface area contributed by atoms with E-state index in [4.69, 9.17) is 4.42 Å². The molecule has 1 fully saturated rings. The van der Waals surface area contributed by atoms with Crippen LogP contribution < -0.4 is 5.43 Å². The number of nitrogens with one attached hydrogen (secondary N) is 2. The first-order valence-corrected chi connectivity index (χ1v) is 10.7. The van der Waals surface area contributed by atoms with Crippen LogP contribution >= 0.6 is 0 Å². The summed E-state index contributed by atoms with van der Waals surface area (Å²) in [6.45, 7) is 9.90. The molecule has 2 N–H and O–H groups in total. The number of carbonyl (C=O) groups is 1. The van der Waals surface area contributed by atoms with E-state index < -0.39 is 0 Å². The molecule has 0 aromatic carbocycles. The number of nitrogens with zero attached hydrogens (tertiary/aromatic N) is 2. The van der Waals surface area contributed by atoms with Crippen molar-refractivity contribution in [1.82, 2.24) is 15.3 Å². The van der Waals surface area contributed by atoms with Gasteiger partial charge in [0.15, 0.2) is 5.76 Å². The van der Waals surface area contributed by atoms with E-state index in [1.54, 1.807) is 12.3 Å². The predicted octanol–water partition coefficient (Wildman–Crippen LogP) is 3.99. The Balaban J connectivity index is 1.62. The van der Waals surface area contributed by atoms with Gasteiger partial charge in [-0.05, 0) is 87.5 Å². The van der Waals surface area contributed by atoms with E-state index in [1.165, 1.54) is 29.7 Å². The molecule has 0 spiro atoms. The molecule has 1 amide bonds. The smallest absolute Gasteiger partial charge is 0.273 e. The Morgan fingerprint density at radius 2 is 2.10 bits per heavy atom. The number of hydrogen-bond donors (Lipinski definition) is 2. The normalized spacial score (nSPS) is 18.0. The largest absolute Gasteiger partial charge is 0.463 e. The number of carbonyl (C=O) groups excluding carboxylic acids is 1. The molecule has 1 aliphatic heterocycles. The van der Waals surface area contributed by atoms with Crippen molar-refractivity contribution in [2.75, 3.05) is 19.6 Å². The van der Waals surface area contributed by atoms with Gasteiger partial charge in [-0.25, -0.2) is 5.43 Å². The van der Waals surface area contributed by atoms with Crippen LogP contribution in [0.25, 0.3) is 6.08 Å². The minimum absolute atomic E-state index is 0.187. The summed E-state index contributed by atoms with van der Waals surface area (Å²) in [6, 6.07) is 3.63. The van der Waals surface area contributed by atoms with Crippen LogP contribution in [0.15, 0.2) is 33.5 Å². The van der Waals surface area contributed by atoms with Gasteiger partial charge in [0, 0.05) is 11.4 Å². The van der Waals surface area contributed by atoms with Crippen molar-refractivity contribution in [3.8, 4) is 0 Å². The molecule has 0 bridgehead atoms. The zero-order chi connectivity index (χ0) is 20.4. The summed E-state index contributed by atoms with van der Waals surface area (Å²) in [5.41, 5.74) is 8.79. The summed E-state index contributed by atoms with van der Waals surface area (Å²) >= 11 is 0. The lowest BCUT2D eigenvalue weighted by molar-refractivity contribution is -0.116. The van der Waals surface area contributed by atoms with E-state index >= 15 is 0 Å². The Hall–Kier alpha value is -2.60. The number of aromatic nitrogens is 1. The molecule has 6 nitrogen and oxygen atoms in total. The van der Waals surface area contributed by atoms with Gasteiger partial charge >= 0.3 is 0 Å². The molecule has 29 heavy (non-hydrogen) atoms. The summed E-state index contributed by atoms with van der Waals surface area (Å²) in [6.07, 6.45) is 8.22. The van der Waals surface area contributed by atoms with E-state index in [0.29, 0.717) is 23.0 Å². The maximum Gasteiger partial charge on any atom is 0.273 e. The molecule has 0 saturated heterocycles. The highest BCUT2D eigenvalue weighted by atomic mass is 16.3. The molecular formula is C23H30N4O2. The quantitative estimate of drug-likeness (QED) is 0.632. The van der Waals surface area contributed by atoms with E-state index in [0.717, 1.165) is 38.2 Å².